The minimum absolute atomic E-state index is 0.358. The molecule has 0 aliphatic carbocycles. The lowest BCUT2D eigenvalue weighted by atomic mass is 9.77. The first-order valence-corrected chi connectivity index (χ1v) is 8.51. The number of hydrogen-bond acceptors (Lipinski definition) is 2. The average Bonchev–Trinajstić information content (AvgIpc) is 2.85. The first-order chi connectivity index (χ1) is 9.43. The Morgan fingerprint density at radius 1 is 1.20 bits per heavy atom. The van der Waals surface area contributed by atoms with Gasteiger partial charge >= 0.3 is 0 Å². The molecular formula is C18H27NS. The predicted octanol–water partition coefficient (Wildman–Crippen LogP) is 5.62. The lowest BCUT2D eigenvalue weighted by Gasteiger charge is -2.31. The summed E-state index contributed by atoms with van der Waals surface area (Å²) in [5.74, 6) is 0.682. The van der Waals surface area contributed by atoms with E-state index in [1.807, 2.05) is 11.3 Å². The second-order valence-corrected chi connectivity index (χ2v) is 7.72. The zero-order valence-electron chi connectivity index (χ0n) is 13.4. The second kappa shape index (κ2) is 6.28. The molecule has 2 unspecified atom stereocenters. The Balaban J connectivity index is 2.31. The Morgan fingerprint density at radius 2 is 1.95 bits per heavy atom. The number of hydrogen-bond donors (Lipinski definition) is 1. The summed E-state index contributed by atoms with van der Waals surface area (Å²) < 4.78 is 1.44. The van der Waals surface area contributed by atoms with Crippen LogP contribution in [-0.4, -0.2) is 6.54 Å². The first kappa shape index (κ1) is 15.5. The van der Waals surface area contributed by atoms with E-state index < -0.39 is 0 Å². The zero-order valence-corrected chi connectivity index (χ0v) is 14.2. The zero-order chi connectivity index (χ0) is 14.8. The quantitative estimate of drug-likeness (QED) is 0.752. The van der Waals surface area contributed by atoms with Gasteiger partial charge in [0.25, 0.3) is 0 Å². The molecule has 1 N–H and O–H groups in total. The highest BCUT2D eigenvalue weighted by Gasteiger charge is 2.25. The Bertz CT molecular complexity index is 550. The summed E-state index contributed by atoms with van der Waals surface area (Å²) in [6.45, 7) is 12.6. The molecule has 20 heavy (non-hydrogen) atoms. The molecule has 2 heteroatoms. The second-order valence-electron chi connectivity index (χ2n) is 6.80. The first-order valence-electron chi connectivity index (χ1n) is 7.63. The fourth-order valence-corrected chi connectivity index (χ4v) is 3.53. The molecule has 0 amide bonds. The van der Waals surface area contributed by atoms with E-state index in [1.165, 1.54) is 22.1 Å². The molecule has 2 aromatic rings. The molecule has 1 aromatic carbocycles. The third-order valence-corrected chi connectivity index (χ3v) is 5.38. The van der Waals surface area contributed by atoms with Crippen molar-refractivity contribution in [1.29, 1.82) is 0 Å². The third-order valence-electron chi connectivity index (χ3n) is 4.40. The molecule has 0 aliphatic heterocycles. The van der Waals surface area contributed by atoms with Crippen LogP contribution >= 0.6 is 11.3 Å². The number of nitrogens with one attached hydrogen (secondary N) is 1. The van der Waals surface area contributed by atoms with E-state index in [9.17, 15) is 0 Å². The van der Waals surface area contributed by atoms with Gasteiger partial charge in [0.15, 0.2) is 0 Å². The maximum absolute atomic E-state index is 3.69. The maximum atomic E-state index is 3.69. The summed E-state index contributed by atoms with van der Waals surface area (Å²) in [6.07, 6.45) is 1.19. The lowest BCUT2D eigenvalue weighted by Crippen LogP contribution is -2.27. The molecule has 0 bridgehead atoms. The molecule has 1 aromatic heterocycles. The molecule has 0 saturated heterocycles. The van der Waals surface area contributed by atoms with Crippen LogP contribution < -0.4 is 5.32 Å². The molecular weight excluding hydrogens is 262 g/mol. The summed E-state index contributed by atoms with van der Waals surface area (Å²) >= 11 is 1.86. The van der Waals surface area contributed by atoms with Gasteiger partial charge in [0.1, 0.15) is 0 Å². The molecule has 1 nitrogen and oxygen atoms in total. The van der Waals surface area contributed by atoms with Crippen LogP contribution in [0.1, 0.15) is 52.6 Å². The Hall–Kier alpha value is -0.860. The third kappa shape index (κ3) is 3.42. The van der Waals surface area contributed by atoms with Gasteiger partial charge in [-0.2, -0.15) is 0 Å². The van der Waals surface area contributed by atoms with Crippen molar-refractivity contribution in [1.82, 2.24) is 5.32 Å². The van der Waals surface area contributed by atoms with Gasteiger partial charge in [0.05, 0.1) is 0 Å². The molecule has 1 heterocycles. The number of fused-ring (bicyclic) bond motifs is 1. The van der Waals surface area contributed by atoms with Crippen LogP contribution in [-0.2, 0) is 0 Å². The van der Waals surface area contributed by atoms with Crippen LogP contribution in [0.2, 0.25) is 0 Å². The maximum Gasteiger partial charge on any atom is 0.0390 e. The predicted molar refractivity (Wildman–Crippen MR) is 91.5 cm³/mol. The average molecular weight is 289 g/mol. The van der Waals surface area contributed by atoms with Crippen LogP contribution in [0.15, 0.2) is 29.6 Å². The summed E-state index contributed by atoms with van der Waals surface area (Å²) in [4.78, 5) is 0. The van der Waals surface area contributed by atoms with Gasteiger partial charge in [-0.3, -0.25) is 0 Å². The van der Waals surface area contributed by atoms with Gasteiger partial charge in [0.2, 0.25) is 0 Å². The fraction of sp³-hybridized carbons (Fsp3) is 0.556. The summed E-state index contributed by atoms with van der Waals surface area (Å²) in [5.41, 5.74) is 1.83. The van der Waals surface area contributed by atoms with Gasteiger partial charge < -0.3 is 5.32 Å². The number of benzene rings is 1. The number of thiophene rings is 1. The highest BCUT2D eigenvalue weighted by molar-refractivity contribution is 7.17. The monoisotopic (exact) mass is 289 g/mol. The van der Waals surface area contributed by atoms with Crippen molar-refractivity contribution in [3.8, 4) is 0 Å². The normalized spacial score (nSPS) is 15.4. The molecule has 2 rings (SSSR count). The minimum atomic E-state index is 0.358. The summed E-state index contributed by atoms with van der Waals surface area (Å²) in [6, 6.07) is 9.38. The van der Waals surface area contributed by atoms with E-state index in [0.29, 0.717) is 17.4 Å². The Kier molecular flexibility index (Phi) is 4.87. The SMILES string of the molecule is CCNC(CC(C)C(C)(C)C)c1cccc2ccsc12. The highest BCUT2D eigenvalue weighted by atomic mass is 32.1. The van der Waals surface area contributed by atoms with Crippen LogP contribution in [0.4, 0.5) is 0 Å². The van der Waals surface area contributed by atoms with E-state index in [1.54, 1.807) is 0 Å². The molecule has 0 radical (unpaired) electrons. The van der Waals surface area contributed by atoms with E-state index in [2.05, 4.69) is 69.6 Å². The van der Waals surface area contributed by atoms with Crippen molar-refractivity contribution < 1.29 is 0 Å². The summed E-state index contributed by atoms with van der Waals surface area (Å²) in [7, 11) is 0. The van der Waals surface area contributed by atoms with Crippen molar-refractivity contribution in [2.75, 3.05) is 6.54 Å². The van der Waals surface area contributed by atoms with E-state index in [4.69, 9.17) is 0 Å². The van der Waals surface area contributed by atoms with Crippen molar-refractivity contribution in [3.05, 3.63) is 35.2 Å². The standard InChI is InChI=1S/C18H27NS/c1-6-19-16(12-13(2)18(3,4)5)15-9-7-8-14-10-11-20-17(14)15/h7-11,13,16,19H,6,12H2,1-5H3. The largest absolute Gasteiger partial charge is 0.310 e. The smallest absolute Gasteiger partial charge is 0.0390 e. The van der Waals surface area contributed by atoms with Crippen molar-refractivity contribution in [3.63, 3.8) is 0 Å². The highest BCUT2D eigenvalue weighted by Crippen LogP contribution is 2.36. The van der Waals surface area contributed by atoms with E-state index in [-0.39, 0.29) is 0 Å². The van der Waals surface area contributed by atoms with Crippen LogP contribution in [0.3, 0.4) is 0 Å². The topological polar surface area (TPSA) is 12.0 Å². The Morgan fingerprint density at radius 3 is 2.60 bits per heavy atom. The van der Waals surface area contributed by atoms with Crippen molar-refractivity contribution in [2.24, 2.45) is 11.3 Å². The van der Waals surface area contributed by atoms with Crippen LogP contribution in [0, 0.1) is 11.3 Å². The van der Waals surface area contributed by atoms with Gasteiger partial charge in [0, 0.05) is 10.7 Å². The minimum Gasteiger partial charge on any atom is -0.310 e. The van der Waals surface area contributed by atoms with E-state index in [0.717, 1.165) is 6.54 Å². The van der Waals surface area contributed by atoms with E-state index >= 15 is 0 Å². The number of rotatable bonds is 5. The van der Waals surface area contributed by atoms with Gasteiger partial charge in [-0.05, 0) is 46.7 Å². The van der Waals surface area contributed by atoms with Crippen molar-refractivity contribution >= 4 is 21.4 Å². The molecule has 0 saturated carbocycles. The molecule has 0 aliphatic rings. The summed E-state index contributed by atoms with van der Waals surface area (Å²) in [5, 5.41) is 7.26. The Labute approximate surface area is 127 Å². The van der Waals surface area contributed by atoms with Crippen LogP contribution in [0.5, 0.6) is 0 Å². The molecule has 0 fully saturated rings. The van der Waals surface area contributed by atoms with Gasteiger partial charge in [-0.15, -0.1) is 11.3 Å². The van der Waals surface area contributed by atoms with Gasteiger partial charge in [-0.25, -0.2) is 0 Å². The lowest BCUT2D eigenvalue weighted by molar-refractivity contribution is 0.224. The molecule has 0 spiro atoms. The van der Waals surface area contributed by atoms with Crippen LogP contribution in [0.25, 0.3) is 10.1 Å². The van der Waals surface area contributed by atoms with Gasteiger partial charge in [-0.1, -0.05) is 52.8 Å². The fourth-order valence-electron chi connectivity index (χ4n) is 2.56. The molecule has 2 atom stereocenters. The van der Waals surface area contributed by atoms with Crippen molar-refractivity contribution in [2.45, 2.75) is 47.1 Å². The molecule has 110 valence electrons.